The van der Waals surface area contributed by atoms with Crippen LogP contribution in [0.25, 0.3) is 0 Å². The molecule has 2 aliphatic rings. The van der Waals surface area contributed by atoms with E-state index in [-0.39, 0.29) is 11.8 Å². The molecule has 2 amide bonds. The quantitative estimate of drug-likeness (QED) is 0.616. The molecule has 0 radical (unpaired) electrons. The molecule has 3 unspecified atom stereocenters. The number of hydrogen-bond acceptors (Lipinski definition) is 5. The number of amides is 2. The summed E-state index contributed by atoms with van der Waals surface area (Å²) in [6, 6.07) is -0.635. The van der Waals surface area contributed by atoms with Gasteiger partial charge in [0, 0.05) is 26.2 Å². The second-order valence-electron chi connectivity index (χ2n) is 6.63. The summed E-state index contributed by atoms with van der Waals surface area (Å²) in [6.45, 7) is 6.84. The summed E-state index contributed by atoms with van der Waals surface area (Å²) in [5.41, 5.74) is 0. The summed E-state index contributed by atoms with van der Waals surface area (Å²) in [7, 11) is 2.01. The SMILES string of the molecule is CC(C)CC(NC(=O)C1OC1C(=O)O)C(=O)N1CCN(C)CC1. The van der Waals surface area contributed by atoms with Crippen LogP contribution in [0.2, 0.25) is 0 Å². The highest BCUT2D eigenvalue weighted by molar-refractivity contribution is 5.95. The minimum atomic E-state index is -1.16. The highest BCUT2D eigenvalue weighted by Crippen LogP contribution is 2.23. The lowest BCUT2D eigenvalue weighted by Crippen LogP contribution is -2.55. The van der Waals surface area contributed by atoms with E-state index in [1.807, 2.05) is 20.9 Å². The number of carboxylic acid groups (broad SMARTS) is 1. The molecule has 0 bridgehead atoms. The van der Waals surface area contributed by atoms with Crippen molar-refractivity contribution < 1.29 is 24.2 Å². The van der Waals surface area contributed by atoms with E-state index in [2.05, 4.69) is 10.2 Å². The number of rotatable bonds is 6. The van der Waals surface area contributed by atoms with Gasteiger partial charge in [-0.05, 0) is 19.4 Å². The lowest BCUT2D eigenvalue weighted by Gasteiger charge is -2.35. The van der Waals surface area contributed by atoms with Gasteiger partial charge in [0.1, 0.15) is 6.04 Å². The number of hydrogen-bond donors (Lipinski definition) is 2. The van der Waals surface area contributed by atoms with Crippen molar-refractivity contribution in [2.24, 2.45) is 5.92 Å². The van der Waals surface area contributed by atoms with Gasteiger partial charge < -0.3 is 25.0 Å². The first-order chi connectivity index (χ1) is 10.8. The number of piperazine rings is 1. The van der Waals surface area contributed by atoms with Crippen molar-refractivity contribution in [1.29, 1.82) is 0 Å². The van der Waals surface area contributed by atoms with Crippen LogP contribution in [0.3, 0.4) is 0 Å². The Hall–Kier alpha value is -1.67. The average molecular weight is 327 g/mol. The summed E-state index contributed by atoms with van der Waals surface area (Å²) in [6.07, 6.45) is -1.56. The molecule has 0 aromatic heterocycles. The molecule has 130 valence electrons. The van der Waals surface area contributed by atoms with Gasteiger partial charge in [-0.25, -0.2) is 4.79 Å². The minimum Gasteiger partial charge on any atom is -0.479 e. The molecule has 2 heterocycles. The Bertz CT molecular complexity index is 474. The molecule has 3 atom stereocenters. The van der Waals surface area contributed by atoms with Crippen molar-refractivity contribution in [1.82, 2.24) is 15.1 Å². The molecule has 0 aliphatic carbocycles. The Morgan fingerprint density at radius 3 is 2.26 bits per heavy atom. The van der Waals surface area contributed by atoms with Crippen LogP contribution in [0.15, 0.2) is 0 Å². The summed E-state index contributed by atoms with van der Waals surface area (Å²) >= 11 is 0. The first kappa shape index (κ1) is 17.7. The maximum atomic E-state index is 12.7. The van der Waals surface area contributed by atoms with Crippen LogP contribution in [-0.4, -0.2) is 84.2 Å². The van der Waals surface area contributed by atoms with E-state index in [0.29, 0.717) is 19.5 Å². The topological polar surface area (TPSA) is 102 Å². The fraction of sp³-hybridized carbons (Fsp3) is 0.800. The summed E-state index contributed by atoms with van der Waals surface area (Å²) in [5, 5.41) is 11.5. The molecule has 0 aromatic rings. The van der Waals surface area contributed by atoms with Crippen molar-refractivity contribution in [2.45, 2.75) is 38.5 Å². The van der Waals surface area contributed by atoms with Gasteiger partial charge in [0.05, 0.1) is 0 Å². The van der Waals surface area contributed by atoms with Crippen LogP contribution in [-0.2, 0) is 19.1 Å². The van der Waals surface area contributed by atoms with E-state index in [9.17, 15) is 14.4 Å². The molecule has 23 heavy (non-hydrogen) atoms. The van der Waals surface area contributed by atoms with Crippen molar-refractivity contribution in [3.63, 3.8) is 0 Å². The van der Waals surface area contributed by atoms with Crippen LogP contribution in [0.5, 0.6) is 0 Å². The number of carboxylic acids is 1. The lowest BCUT2D eigenvalue weighted by atomic mass is 10.0. The van der Waals surface area contributed by atoms with E-state index in [4.69, 9.17) is 9.84 Å². The molecule has 2 aliphatic heterocycles. The van der Waals surface area contributed by atoms with E-state index in [0.717, 1.165) is 13.1 Å². The highest BCUT2D eigenvalue weighted by atomic mass is 16.6. The van der Waals surface area contributed by atoms with E-state index < -0.39 is 30.1 Å². The lowest BCUT2D eigenvalue weighted by molar-refractivity contribution is -0.138. The van der Waals surface area contributed by atoms with E-state index in [1.54, 1.807) is 4.90 Å². The van der Waals surface area contributed by atoms with Crippen LogP contribution in [0.4, 0.5) is 0 Å². The van der Waals surface area contributed by atoms with Gasteiger partial charge in [0.25, 0.3) is 5.91 Å². The van der Waals surface area contributed by atoms with E-state index in [1.165, 1.54) is 0 Å². The molecule has 2 fully saturated rings. The van der Waals surface area contributed by atoms with Gasteiger partial charge in [0.2, 0.25) is 5.91 Å². The molecule has 0 aromatic carbocycles. The second-order valence-corrected chi connectivity index (χ2v) is 6.63. The number of nitrogens with one attached hydrogen (secondary N) is 1. The number of nitrogens with zero attached hydrogens (tertiary/aromatic N) is 2. The number of ether oxygens (including phenoxy) is 1. The molecular formula is C15H25N3O5. The van der Waals surface area contributed by atoms with Gasteiger partial charge in [-0.15, -0.1) is 0 Å². The van der Waals surface area contributed by atoms with E-state index >= 15 is 0 Å². The molecule has 8 heteroatoms. The summed E-state index contributed by atoms with van der Waals surface area (Å²) in [5.74, 6) is -1.55. The molecule has 2 rings (SSSR count). The van der Waals surface area contributed by atoms with Crippen LogP contribution < -0.4 is 5.32 Å². The molecule has 8 nitrogen and oxygen atoms in total. The first-order valence-corrected chi connectivity index (χ1v) is 7.95. The van der Waals surface area contributed by atoms with Crippen molar-refractivity contribution in [2.75, 3.05) is 33.2 Å². The molecule has 0 spiro atoms. The van der Waals surface area contributed by atoms with Gasteiger partial charge >= 0.3 is 5.97 Å². The smallest absolute Gasteiger partial charge is 0.336 e. The maximum absolute atomic E-state index is 12.7. The van der Waals surface area contributed by atoms with Gasteiger partial charge in [-0.3, -0.25) is 9.59 Å². The zero-order valence-corrected chi connectivity index (χ0v) is 13.8. The Labute approximate surface area is 135 Å². The van der Waals surface area contributed by atoms with Crippen molar-refractivity contribution in [3.05, 3.63) is 0 Å². The maximum Gasteiger partial charge on any atom is 0.336 e. The Morgan fingerprint density at radius 1 is 1.17 bits per heavy atom. The Kier molecular flexibility index (Phi) is 5.59. The second kappa shape index (κ2) is 7.27. The summed E-state index contributed by atoms with van der Waals surface area (Å²) < 4.78 is 4.84. The van der Waals surface area contributed by atoms with Crippen LogP contribution in [0.1, 0.15) is 20.3 Å². The Morgan fingerprint density at radius 2 is 1.78 bits per heavy atom. The number of carbonyl (C=O) groups is 3. The van der Waals surface area contributed by atoms with Gasteiger partial charge in [0.15, 0.2) is 12.2 Å². The van der Waals surface area contributed by atoms with Crippen LogP contribution >= 0.6 is 0 Å². The number of aliphatic carboxylic acids is 1. The normalized spacial score (nSPS) is 26.0. The fourth-order valence-corrected chi connectivity index (χ4v) is 2.69. The number of epoxide rings is 1. The average Bonchev–Trinajstić information content (AvgIpc) is 3.27. The third kappa shape index (κ3) is 4.65. The predicted octanol–water partition coefficient (Wildman–Crippen LogP) is -0.857. The monoisotopic (exact) mass is 327 g/mol. The van der Waals surface area contributed by atoms with Crippen molar-refractivity contribution >= 4 is 17.8 Å². The number of carbonyl (C=O) groups excluding carboxylic acids is 2. The zero-order chi connectivity index (χ0) is 17.1. The minimum absolute atomic E-state index is 0.104. The van der Waals surface area contributed by atoms with Crippen LogP contribution in [0, 0.1) is 5.92 Å². The van der Waals surface area contributed by atoms with Crippen molar-refractivity contribution in [3.8, 4) is 0 Å². The number of likely N-dealkylation sites (N-methyl/N-ethyl adjacent to an activating group) is 1. The first-order valence-electron chi connectivity index (χ1n) is 7.95. The molecular weight excluding hydrogens is 302 g/mol. The summed E-state index contributed by atoms with van der Waals surface area (Å²) in [4.78, 5) is 39.4. The molecule has 0 saturated carbocycles. The fourth-order valence-electron chi connectivity index (χ4n) is 2.69. The largest absolute Gasteiger partial charge is 0.479 e. The zero-order valence-electron chi connectivity index (χ0n) is 13.8. The Balaban J connectivity index is 1.95. The third-order valence-electron chi connectivity index (χ3n) is 4.13. The van der Waals surface area contributed by atoms with Gasteiger partial charge in [-0.2, -0.15) is 0 Å². The standard InChI is InChI=1S/C15H25N3O5/c1-9(2)8-10(14(20)18-6-4-17(3)5-7-18)16-13(19)11-12(23-11)15(21)22/h9-12H,4-8H2,1-3H3,(H,16,19)(H,21,22). The third-order valence-corrected chi connectivity index (χ3v) is 4.13. The van der Waals surface area contributed by atoms with Gasteiger partial charge in [-0.1, -0.05) is 13.8 Å². The molecule has 2 N–H and O–H groups in total. The molecule has 2 saturated heterocycles. The highest BCUT2D eigenvalue weighted by Gasteiger charge is 2.51. The predicted molar refractivity (Wildman–Crippen MR) is 81.8 cm³/mol.